The van der Waals surface area contributed by atoms with Gasteiger partial charge in [-0.25, -0.2) is 0 Å². The molecule has 4 aliphatic rings. The first kappa shape index (κ1) is 15.8. The minimum Gasteiger partial charge on any atom is -0.324 e. The molecule has 4 fully saturated rings. The second-order valence-electron chi connectivity index (χ2n) is 9.32. The van der Waals surface area contributed by atoms with Crippen LogP contribution in [0.15, 0.2) is 0 Å². The Labute approximate surface area is 133 Å². The van der Waals surface area contributed by atoms with Gasteiger partial charge in [-0.3, -0.25) is 0 Å². The molecule has 4 rings (SSSR count). The number of unbranched alkanes of at least 4 members (excludes halogenated alkanes) is 5. The van der Waals surface area contributed by atoms with Crippen LogP contribution in [0.3, 0.4) is 0 Å². The molecule has 0 spiro atoms. The lowest BCUT2D eigenvalue weighted by molar-refractivity contribution is -0.948. The molecule has 0 unspecified atom stereocenters. The molecule has 0 aromatic heterocycles. The van der Waals surface area contributed by atoms with Crippen LogP contribution in [0.4, 0.5) is 0 Å². The summed E-state index contributed by atoms with van der Waals surface area (Å²) < 4.78 is 1.34. The molecular weight excluding hydrogens is 254 g/mol. The Balaban J connectivity index is 1.52. The number of nitrogens with zero attached hydrogens (tertiary/aromatic N) is 1. The van der Waals surface area contributed by atoms with E-state index in [4.69, 9.17) is 0 Å². The van der Waals surface area contributed by atoms with E-state index >= 15 is 0 Å². The molecule has 0 aliphatic heterocycles. The lowest BCUT2D eigenvalue weighted by Gasteiger charge is -2.62. The molecule has 4 saturated carbocycles. The van der Waals surface area contributed by atoms with Gasteiger partial charge < -0.3 is 4.48 Å². The third kappa shape index (κ3) is 3.19. The maximum Gasteiger partial charge on any atom is 0.0996 e. The van der Waals surface area contributed by atoms with E-state index in [1.807, 2.05) is 0 Å². The molecular formula is C20H38N+. The van der Waals surface area contributed by atoms with Gasteiger partial charge in [-0.1, -0.05) is 32.6 Å². The van der Waals surface area contributed by atoms with Crippen molar-refractivity contribution in [1.29, 1.82) is 0 Å². The largest absolute Gasteiger partial charge is 0.324 e. The van der Waals surface area contributed by atoms with Crippen LogP contribution in [-0.4, -0.2) is 30.7 Å². The van der Waals surface area contributed by atoms with Crippen LogP contribution >= 0.6 is 0 Å². The highest BCUT2D eigenvalue weighted by molar-refractivity contribution is 5.03. The van der Waals surface area contributed by atoms with Crippen LogP contribution in [0.25, 0.3) is 0 Å². The Morgan fingerprint density at radius 2 is 1.24 bits per heavy atom. The van der Waals surface area contributed by atoms with Gasteiger partial charge in [-0.15, -0.1) is 0 Å². The fraction of sp³-hybridized carbons (Fsp3) is 1.00. The van der Waals surface area contributed by atoms with E-state index in [0.717, 1.165) is 17.8 Å². The summed E-state index contributed by atoms with van der Waals surface area (Å²) in [7, 11) is 5.14. The number of hydrogen-bond acceptors (Lipinski definition) is 0. The predicted octanol–water partition coefficient (Wildman–Crippen LogP) is 5.39. The fourth-order valence-corrected chi connectivity index (χ4v) is 6.33. The summed E-state index contributed by atoms with van der Waals surface area (Å²) in [4.78, 5) is 0. The van der Waals surface area contributed by atoms with E-state index in [1.54, 1.807) is 38.5 Å². The topological polar surface area (TPSA) is 0 Å². The standard InChI is InChI=1S/C20H38N/c1-4-5-6-7-8-9-10-21(2,3)20-14-17-11-18(15-20)13-19(12-17)16-20/h17-19H,4-16H2,1-3H3/q+1. The van der Waals surface area contributed by atoms with Gasteiger partial charge in [0.05, 0.1) is 26.2 Å². The summed E-state index contributed by atoms with van der Waals surface area (Å²) in [6.07, 6.45) is 18.1. The highest BCUT2D eigenvalue weighted by atomic mass is 15.4. The Kier molecular flexibility index (Phi) is 4.69. The third-order valence-electron chi connectivity index (χ3n) is 7.36. The van der Waals surface area contributed by atoms with Gasteiger partial charge in [0.15, 0.2) is 0 Å². The van der Waals surface area contributed by atoms with Crippen molar-refractivity contribution in [2.45, 2.75) is 89.5 Å². The van der Waals surface area contributed by atoms with Crippen LogP contribution in [0, 0.1) is 17.8 Å². The summed E-state index contributed by atoms with van der Waals surface area (Å²) in [6, 6.07) is 0. The lowest BCUT2D eigenvalue weighted by atomic mass is 9.52. The smallest absolute Gasteiger partial charge is 0.0996 e. The predicted molar refractivity (Wildman–Crippen MR) is 91.3 cm³/mol. The van der Waals surface area contributed by atoms with E-state index in [2.05, 4.69) is 21.0 Å². The van der Waals surface area contributed by atoms with Crippen LogP contribution in [0.1, 0.15) is 84.0 Å². The molecule has 21 heavy (non-hydrogen) atoms. The molecule has 122 valence electrons. The molecule has 1 nitrogen and oxygen atoms in total. The second-order valence-corrected chi connectivity index (χ2v) is 9.32. The minimum absolute atomic E-state index is 0.679. The van der Waals surface area contributed by atoms with Gasteiger partial charge >= 0.3 is 0 Å². The highest BCUT2D eigenvalue weighted by Crippen LogP contribution is 2.59. The van der Waals surface area contributed by atoms with Gasteiger partial charge in [0.2, 0.25) is 0 Å². The zero-order valence-corrected chi connectivity index (χ0v) is 14.9. The molecule has 0 radical (unpaired) electrons. The van der Waals surface area contributed by atoms with Gasteiger partial charge in [0, 0.05) is 19.3 Å². The summed E-state index contributed by atoms with van der Waals surface area (Å²) in [6.45, 7) is 3.74. The van der Waals surface area contributed by atoms with E-state index in [1.165, 1.54) is 49.6 Å². The van der Waals surface area contributed by atoms with Crippen LogP contribution in [0.2, 0.25) is 0 Å². The van der Waals surface area contributed by atoms with Crippen LogP contribution in [0.5, 0.6) is 0 Å². The maximum absolute atomic E-state index is 2.57. The molecule has 0 heterocycles. The monoisotopic (exact) mass is 292 g/mol. The Hall–Kier alpha value is -0.0400. The average molecular weight is 293 g/mol. The van der Waals surface area contributed by atoms with E-state index in [0.29, 0.717) is 5.54 Å². The van der Waals surface area contributed by atoms with E-state index < -0.39 is 0 Å². The first-order valence-electron chi connectivity index (χ1n) is 9.88. The van der Waals surface area contributed by atoms with Crippen molar-refractivity contribution >= 4 is 0 Å². The molecule has 0 atom stereocenters. The van der Waals surface area contributed by atoms with E-state index in [-0.39, 0.29) is 0 Å². The van der Waals surface area contributed by atoms with Crippen molar-refractivity contribution in [3.63, 3.8) is 0 Å². The molecule has 1 heteroatoms. The van der Waals surface area contributed by atoms with Crippen molar-refractivity contribution in [3.05, 3.63) is 0 Å². The SMILES string of the molecule is CCCCCCCC[N+](C)(C)C12CC3CC(CC(C3)C1)C2. The van der Waals surface area contributed by atoms with Gasteiger partial charge in [0.1, 0.15) is 0 Å². The Morgan fingerprint density at radius 3 is 1.76 bits per heavy atom. The highest BCUT2D eigenvalue weighted by Gasteiger charge is 2.58. The molecule has 0 saturated heterocycles. The lowest BCUT2D eigenvalue weighted by Crippen LogP contribution is -2.67. The molecule has 4 bridgehead atoms. The fourth-order valence-electron chi connectivity index (χ4n) is 6.33. The second kappa shape index (κ2) is 6.22. The van der Waals surface area contributed by atoms with Gasteiger partial charge in [0.25, 0.3) is 0 Å². The van der Waals surface area contributed by atoms with E-state index in [9.17, 15) is 0 Å². The van der Waals surface area contributed by atoms with Crippen molar-refractivity contribution in [2.75, 3.05) is 20.6 Å². The number of hydrogen-bond donors (Lipinski definition) is 0. The number of rotatable bonds is 8. The molecule has 0 aromatic rings. The first-order chi connectivity index (χ1) is 10.0. The average Bonchev–Trinajstić information content (AvgIpc) is 2.41. The zero-order valence-electron chi connectivity index (χ0n) is 14.9. The quantitative estimate of drug-likeness (QED) is 0.415. The van der Waals surface area contributed by atoms with Gasteiger partial charge in [-0.2, -0.15) is 0 Å². The van der Waals surface area contributed by atoms with Crippen molar-refractivity contribution in [2.24, 2.45) is 17.8 Å². The van der Waals surface area contributed by atoms with Crippen molar-refractivity contribution in [1.82, 2.24) is 0 Å². The number of quaternary nitrogens is 1. The minimum atomic E-state index is 0.679. The normalized spacial score (nSPS) is 38.1. The Bertz CT molecular complexity index is 308. The summed E-state index contributed by atoms with van der Waals surface area (Å²) in [5.74, 6) is 3.29. The molecule has 0 N–H and O–H groups in total. The van der Waals surface area contributed by atoms with Crippen LogP contribution < -0.4 is 0 Å². The summed E-state index contributed by atoms with van der Waals surface area (Å²) in [5, 5.41) is 0. The summed E-state index contributed by atoms with van der Waals surface area (Å²) in [5.41, 5.74) is 0.679. The summed E-state index contributed by atoms with van der Waals surface area (Å²) >= 11 is 0. The van der Waals surface area contributed by atoms with Gasteiger partial charge in [-0.05, 0) is 49.9 Å². The Morgan fingerprint density at radius 1 is 0.762 bits per heavy atom. The zero-order chi connectivity index (χ0) is 14.9. The van der Waals surface area contributed by atoms with Crippen molar-refractivity contribution in [3.8, 4) is 0 Å². The first-order valence-corrected chi connectivity index (χ1v) is 9.88. The maximum atomic E-state index is 2.57. The molecule has 4 aliphatic carbocycles. The molecule has 0 amide bonds. The van der Waals surface area contributed by atoms with Crippen LogP contribution in [-0.2, 0) is 0 Å². The molecule has 0 aromatic carbocycles. The van der Waals surface area contributed by atoms with Crippen molar-refractivity contribution < 1.29 is 4.48 Å². The third-order valence-corrected chi connectivity index (χ3v) is 7.36.